The summed E-state index contributed by atoms with van der Waals surface area (Å²) in [5, 5.41) is 10.6. The van der Waals surface area contributed by atoms with E-state index < -0.39 is 6.10 Å². The second-order valence-electron chi connectivity index (χ2n) is 11.7. The molecule has 3 aliphatic carbocycles. The summed E-state index contributed by atoms with van der Waals surface area (Å²) >= 11 is 0. The molecule has 6 nitrogen and oxygen atoms in total. The van der Waals surface area contributed by atoms with Crippen molar-refractivity contribution in [3.63, 3.8) is 0 Å². The van der Waals surface area contributed by atoms with Gasteiger partial charge in [-0.25, -0.2) is 0 Å². The third-order valence-corrected chi connectivity index (χ3v) is 9.91. The number of likely N-dealkylation sites (tertiary alicyclic amines) is 1. The van der Waals surface area contributed by atoms with E-state index in [4.69, 9.17) is 15.1 Å². The molecule has 4 rings (SSSR count). The van der Waals surface area contributed by atoms with Crippen molar-refractivity contribution in [2.45, 2.75) is 114 Å². The van der Waals surface area contributed by atoms with E-state index in [-0.39, 0.29) is 39.2 Å². The van der Waals surface area contributed by atoms with E-state index >= 15 is 0 Å². The fourth-order valence-electron chi connectivity index (χ4n) is 6.90. The summed E-state index contributed by atoms with van der Waals surface area (Å²) in [6.45, 7) is 4.39. The van der Waals surface area contributed by atoms with Crippen molar-refractivity contribution in [1.82, 2.24) is 4.90 Å². The van der Waals surface area contributed by atoms with Gasteiger partial charge in [-0.3, -0.25) is 4.79 Å². The lowest BCUT2D eigenvalue weighted by Crippen LogP contribution is -2.38. The Balaban J connectivity index is 1.26. The van der Waals surface area contributed by atoms with E-state index in [2.05, 4.69) is 20.4 Å². The van der Waals surface area contributed by atoms with E-state index in [1.165, 1.54) is 37.9 Å². The van der Waals surface area contributed by atoms with Crippen LogP contribution in [0, 0.1) is 17.8 Å². The van der Waals surface area contributed by atoms with E-state index in [0.717, 1.165) is 64.5 Å². The van der Waals surface area contributed by atoms with Crippen LogP contribution < -0.4 is 0 Å². The summed E-state index contributed by atoms with van der Waals surface area (Å²) in [5.74, 6) is 0.731. The lowest BCUT2D eigenvalue weighted by molar-refractivity contribution is -0.130. The van der Waals surface area contributed by atoms with Gasteiger partial charge in [-0.1, -0.05) is 18.1 Å². The molecule has 36 heavy (non-hydrogen) atoms. The first-order chi connectivity index (χ1) is 18.1. The van der Waals surface area contributed by atoms with E-state index in [1.54, 1.807) is 0 Å². The number of carbonyl (C=O) groups excluding carboxylic acids is 1. The van der Waals surface area contributed by atoms with Crippen LogP contribution in [-0.2, 0) is 18.6 Å². The maximum Gasteiger partial charge on any atom is 0.139 e. The molecule has 3 saturated carbocycles. The summed E-state index contributed by atoms with van der Waals surface area (Å²) in [5.41, 5.74) is 1.39. The molecule has 0 aromatic rings. The van der Waals surface area contributed by atoms with Gasteiger partial charge in [-0.05, 0) is 95.6 Å². The first-order valence-electron chi connectivity index (χ1n) is 15.0. The SMILES string of the molecule is [3H]POC1CCC(C(=O)CC2CCC(OP)C/C2=C\C2CCC(OCCN3CCCCC3)CC2)C(O)C1. The van der Waals surface area contributed by atoms with Gasteiger partial charge in [0, 0.05) is 44.2 Å². The number of ether oxygens (including phenoxy) is 1. The van der Waals surface area contributed by atoms with Crippen molar-refractivity contribution in [3.8, 4) is 0 Å². The fraction of sp³-hybridized carbons (Fsp3) is 0.893. The van der Waals surface area contributed by atoms with E-state index in [9.17, 15) is 9.90 Å². The molecule has 4 fully saturated rings. The molecule has 206 valence electrons. The number of aliphatic hydroxyl groups excluding tert-OH is 1. The number of aliphatic hydroxyl groups is 1. The van der Waals surface area contributed by atoms with Gasteiger partial charge in [0.15, 0.2) is 0 Å². The number of nitrogens with zero attached hydrogens (tertiary/aromatic N) is 1. The monoisotopic (exact) mass is 543 g/mol. The van der Waals surface area contributed by atoms with Crippen LogP contribution in [0.1, 0.15) is 89.9 Å². The Hall–Kier alpha value is 0.0700. The van der Waals surface area contributed by atoms with Crippen molar-refractivity contribution in [2.75, 3.05) is 26.2 Å². The van der Waals surface area contributed by atoms with Gasteiger partial charge in [0.2, 0.25) is 0 Å². The van der Waals surface area contributed by atoms with Gasteiger partial charge in [-0.15, -0.1) is 0 Å². The summed E-state index contributed by atoms with van der Waals surface area (Å²) in [4.78, 5) is 15.8. The van der Waals surface area contributed by atoms with Crippen LogP contribution in [0.3, 0.4) is 0 Å². The quantitative estimate of drug-likeness (QED) is 0.284. The molecule has 7 unspecified atom stereocenters. The highest BCUT2D eigenvalue weighted by molar-refractivity contribution is 7.10. The largest absolute Gasteiger partial charge is 0.392 e. The molecule has 0 spiro atoms. The van der Waals surface area contributed by atoms with Crippen LogP contribution in [0.25, 0.3) is 0 Å². The van der Waals surface area contributed by atoms with Crippen molar-refractivity contribution >= 4 is 24.7 Å². The molecule has 4 aliphatic rings. The van der Waals surface area contributed by atoms with Gasteiger partial charge in [0.05, 0.1) is 32.3 Å². The van der Waals surface area contributed by atoms with Gasteiger partial charge >= 0.3 is 0 Å². The average Bonchev–Trinajstić information content (AvgIpc) is 2.91. The Morgan fingerprint density at radius 3 is 2.47 bits per heavy atom. The minimum Gasteiger partial charge on any atom is -0.392 e. The number of ketones is 1. The number of hydrogen-bond donors (Lipinski definition) is 1. The fourth-order valence-corrected chi connectivity index (χ4v) is 7.35. The lowest BCUT2D eigenvalue weighted by Gasteiger charge is -2.35. The predicted octanol–water partition coefficient (Wildman–Crippen LogP) is 5.25. The van der Waals surface area contributed by atoms with Gasteiger partial charge in [-0.2, -0.15) is 0 Å². The maximum atomic E-state index is 13.3. The Kier molecular flexibility index (Phi) is 11.5. The highest BCUT2D eigenvalue weighted by Gasteiger charge is 2.36. The molecular weight excluding hydrogens is 492 g/mol. The topological polar surface area (TPSA) is 68.2 Å². The number of rotatable bonds is 11. The van der Waals surface area contributed by atoms with Crippen LogP contribution >= 0.6 is 18.9 Å². The van der Waals surface area contributed by atoms with Crippen LogP contribution in [-0.4, -0.2) is 67.7 Å². The summed E-state index contributed by atoms with van der Waals surface area (Å²) in [6.07, 6.45) is 16.2. The van der Waals surface area contributed by atoms with Crippen molar-refractivity contribution in [1.29, 1.82) is 1.28 Å². The first kappa shape index (κ1) is 27.6. The average molecular weight is 544 g/mol. The van der Waals surface area contributed by atoms with Crippen LogP contribution in [0.2, 0.25) is 0 Å². The lowest BCUT2D eigenvalue weighted by atomic mass is 9.73. The summed E-state index contributed by atoms with van der Waals surface area (Å²) < 4.78 is 24.6. The molecule has 1 heterocycles. The second kappa shape index (κ2) is 15.0. The van der Waals surface area contributed by atoms with Crippen LogP contribution in [0.15, 0.2) is 11.6 Å². The first-order valence-corrected chi connectivity index (χ1v) is 15.4. The van der Waals surface area contributed by atoms with Crippen molar-refractivity contribution in [3.05, 3.63) is 11.6 Å². The Morgan fingerprint density at radius 1 is 1.00 bits per heavy atom. The molecular formula is C28H49NO5P2. The van der Waals surface area contributed by atoms with Crippen molar-refractivity contribution in [2.24, 2.45) is 17.8 Å². The van der Waals surface area contributed by atoms with Gasteiger partial charge in [0.1, 0.15) is 5.78 Å². The van der Waals surface area contributed by atoms with E-state index in [1.807, 2.05) is 0 Å². The molecule has 7 atom stereocenters. The second-order valence-corrected chi connectivity index (χ2v) is 12.2. The third kappa shape index (κ3) is 8.54. The van der Waals surface area contributed by atoms with Gasteiger partial charge in [0.25, 0.3) is 0 Å². The minimum absolute atomic E-state index is 0.0798. The number of piperidine rings is 1. The Labute approximate surface area is 224 Å². The van der Waals surface area contributed by atoms with Crippen LogP contribution in [0.5, 0.6) is 0 Å². The molecule has 0 amide bonds. The molecule has 0 bridgehead atoms. The zero-order valence-corrected chi connectivity index (χ0v) is 24.1. The molecule has 0 aromatic heterocycles. The molecule has 1 N–H and O–H groups in total. The third-order valence-electron chi connectivity index (χ3n) is 9.19. The van der Waals surface area contributed by atoms with Gasteiger partial charge < -0.3 is 23.8 Å². The van der Waals surface area contributed by atoms with E-state index in [0.29, 0.717) is 31.3 Å². The zero-order valence-electron chi connectivity index (χ0n) is 23.0. The highest BCUT2D eigenvalue weighted by atomic mass is 31.0. The Morgan fingerprint density at radius 2 is 1.75 bits per heavy atom. The van der Waals surface area contributed by atoms with Crippen molar-refractivity contribution < 1.29 is 23.7 Å². The maximum absolute atomic E-state index is 13.3. The Bertz CT molecular complexity index is 729. The molecule has 1 saturated heterocycles. The number of Topliss-reactive ketones (excluding diaryl/α,β-unsaturated/α-hetero) is 1. The molecule has 1 aliphatic heterocycles. The zero-order chi connectivity index (χ0) is 26.0. The standard InChI is InChI=1S/C28H49NO5P2/c30-27(26-11-10-25(34-36)19-28(26)31)18-21-6-9-24(33-35)17-22(21)16-20-4-7-23(8-5-20)32-15-14-29-12-2-1-3-13-29/h16,20-21,23-26,28,31H,1-15,17-19,35-36H2/b22-16+/i36T. The summed E-state index contributed by atoms with van der Waals surface area (Å²) in [6, 6.07) is 0. The molecule has 0 radical (unpaired) electrons. The molecule has 0 aromatic carbocycles. The number of carbonyl (C=O) groups is 1. The van der Waals surface area contributed by atoms with Crippen LogP contribution in [0.4, 0.5) is 0 Å². The summed E-state index contributed by atoms with van der Waals surface area (Å²) in [7, 11) is 2.11. The smallest absolute Gasteiger partial charge is 0.139 e. The number of hydrogen-bond acceptors (Lipinski definition) is 6. The molecule has 8 heteroatoms. The minimum atomic E-state index is -0.646. The number of allylic oxidation sites excluding steroid dienone is 1. The highest BCUT2D eigenvalue weighted by Crippen LogP contribution is 2.39. The normalized spacial score (nSPS) is 38.4. The predicted molar refractivity (Wildman–Crippen MR) is 150 cm³/mol.